The van der Waals surface area contributed by atoms with Crippen LogP contribution in [0.2, 0.25) is 0 Å². The van der Waals surface area contributed by atoms with Crippen molar-refractivity contribution in [3.05, 3.63) is 48.2 Å². The van der Waals surface area contributed by atoms with Crippen LogP contribution in [0.15, 0.2) is 41.1 Å². The molecule has 2 rings (SSSR count). The van der Waals surface area contributed by atoms with Crippen molar-refractivity contribution in [2.75, 3.05) is 26.2 Å². The highest BCUT2D eigenvalue weighted by atomic mass is 16.5. The molecule has 0 bridgehead atoms. The van der Waals surface area contributed by atoms with Gasteiger partial charge in [-0.25, -0.2) is 4.98 Å². The van der Waals surface area contributed by atoms with E-state index >= 15 is 0 Å². The average Bonchev–Trinajstić information content (AvgIpc) is 3.12. The van der Waals surface area contributed by atoms with Crippen LogP contribution in [0.1, 0.15) is 38.3 Å². The Labute approximate surface area is 138 Å². The Morgan fingerprint density at radius 2 is 1.96 bits per heavy atom. The van der Waals surface area contributed by atoms with E-state index in [4.69, 9.17) is 9.15 Å². The van der Waals surface area contributed by atoms with E-state index in [9.17, 15) is 0 Å². The summed E-state index contributed by atoms with van der Waals surface area (Å²) >= 11 is 0. The van der Waals surface area contributed by atoms with Gasteiger partial charge in [-0.15, -0.1) is 0 Å². The number of ether oxygens (including phenoxy) is 1. The molecule has 1 aromatic carbocycles. The SMILES string of the molecule is CCN(CC)CCOc1ccc(CNC(C)c2ncco2)cc1. The number of benzene rings is 1. The molecule has 0 saturated carbocycles. The molecule has 0 aliphatic rings. The first kappa shape index (κ1) is 17.5. The van der Waals surface area contributed by atoms with Crippen LogP contribution in [0.4, 0.5) is 0 Å². The van der Waals surface area contributed by atoms with E-state index in [1.165, 1.54) is 5.56 Å². The summed E-state index contributed by atoms with van der Waals surface area (Å²) in [6.07, 6.45) is 3.26. The van der Waals surface area contributed by atoms with Crippen LogP contribution in [-0.2, 0) is 6.54 Å². The zero-order valence-corrected chi connectivity index (χ0v) is 14.3. The van der Waals surface area contributed by atoms with Gasteiger partial charge in [0.1, 0.15) is 18.6 Å². The number of oxazole rings is 1. The molecule has 0 radical (unpaired) electrons. The zero-order valence-electron chi connectivity index (χ0n) is 14.3. The molecule has 0 aliphatic heterocycles. The minimum atomic E-state index is 0.0926. The van der Waals surface area contributed by atoms with Crippen LogP contribution in [0.3, 0.4) is 0 Å². The maximum absolute atomic E-state index is 5.79. The molecule has 1 N–H and O–H groups in total. The minimum Gasteiger partial charge on any atom is -0.492 e. The first-order valence-corrected chi connectivity index (χ1v) is 8.29. The summed E-state index contributed by atoms with van der Waals surface area (Å²) in [7, 11) is 0. The molecule has 2 aromatic rings. The van der Waals surface area contributed by atoms with Gasteiger partial charge in [0, 0.05) is 13.1 Å². The highest BCUT2D eigenvalue weighted by Crippen LogP contribution is 2.14. The second kappa shape index (κ2) is 9.33. The lowest BCUT2D eigenvalue weighted by Gasteiger charge is -2.18. The Bertz CT molecular complexity index is 536. The first-order chi connectivity index (χ1) is 11.2. The number of likely N-dealkylation sites (N-methyl/N-ethyl adjacent to an activating group) is 1. The van der Waals surface area contributed by atoms with E-state index in [1.807, 2.05) is 19.1 Å². The van der Waals surface area contributed by atoms with Crippen LogP contribution in [-0.4, -0.2) is 36.1 Å². The Kier molecular flexibility index (Phi) is 7.10. The number of hydrogen-bond donors (Lipinski definition) is 1. The van der Waals surface area contributed by atoms with Crippen molar-refractivity contribution >= 4 is 0 Å². The number of nitrogens with zero attached hydrogens (tertiary/aromatic N) is 2. The van der Waals surface area contributed by atoms with Gasteiger partial charge in [-0.2, -0.15) is 0 Å². The van der Waals surface area contributed by atoms with Crippen molar-refractivity contribution < 1.29 is 9.15 Å². The van der Waals surface area contributed by atoms with Gasteiger partial charge >= 0.3 is 0 Å². The average molecular weight is 317 g/mol. The fourth-order valence-corrected chi connectivity index (χ4v) is 2.34. The van der Waals surface area contributed by atoms with Gasteiger partial charge in [-0.3, -0.25) is 0 Å². The molecule has 0 aliphatic carbocycles. The van der Waals surface area contributed by atoms with Crippen molar-refractivity contribution in [1.82, 2.24) is 15.2 Å². The highest BCUT2D eigenvalue weighted by Gasteiger charge is 2.08. The summed E-state index contributed by atoms with van der Waals surface area (Å²) in [6, 6.07) is 8.31. The standard InChI is InChI=1S/C18H27N3O2/c1-4-21(5-2)11-13-22-17-8-6-16(7-9-17)14-20-15(3)18-19-10-12-23-18/h6-10,12,15,20H,4-5,11,13-14H2,1-3H3. The lowest BCUT2D eigenvalue weighted by Crippen LogP contribution is -2.27. The summed E-state index contributed by atoms with van der Waals surface area (Å²) in [4.78, 5) is 6.50. The molecule has 1 aromatic heterocycles. The number of nitrogens with one attached hydrogen (secondary N) is 1. The van der Waals surface area contributed by atoms with Crippen LogP contribution in [0.25, 0.3) is 0 Å². The summed E-state index contributed by atoms with van der Waals surface area (Å²) in [5.41, 5.74) is 1.21. The third-order valence-corrected chi connectivity index (χ3v) is 3.93. The monoisotopic (exact) mass is 317 g/mol. The summed E-state index contributed by atoms with van der Waals surface area (Å²) < 4.78 is 11.1. The highest BCUT2D eigenvalue weighted by molar-refractivity contribution is 5.27. The Morgan fingerprint density at radius 1 is 1.22 bits per heavy atom. The summed E-state index contributed by atoms with van der Waals surface area (Å²) in [6.45, 7) is 11.0. The van der Waals surface area contributed by atoms with Gasteiger partial charge in [-0.05, 0) is 37.7 Å². The molecule has 23 heavy (non-hydrogen) atoms. The second-order valence-electron chi connectivity index (χ2n) is 5.49. The lowest BCUT2D eigenvalue weighted by molar-refractivity contribution is 0.223. The van der Waals surface area contributed by atoms with E-state index in [2.05, 4.69) is 41.2 Å². The van der Waals surface area contributed by atoms with Crippen molar-refractivity contribution in [3.63, 3.8) is 0 Å². The molecule has 1 unspecified atom stereocenters. The molecule has 0 spiro atoms. The van der Waals surface area contributed by atoms with Crippen LogP contribution in [0.5, 0.6) is 5.75 Å². The molecule has 1 heterocycles. The van der Waals surface area contributed by atoms with Crippen molar-refractivity contribution in [2.45, 2.75) is 33.4 Å². The second-order valence-corrected chi connectivity index (χ2v) is 5.49. The number of rotatable bonds is 10. The molecule has 5 nitrogen and oxygen atoms in total. The lowest BCUT2D eigenvalue weighted by atomic mass is 10.2. The van der Waals surface area contributed by atoms with Gasteiger partial charge in [0.25, 0.3) is 0 Å². The van der Waals surface area contributed by atoms with Crippen LogP contribution in [0, 0.1) is 0 Å². The van der Waals surface area contributed by atoms with E-state index in [-0.39, 0.29) is 6.04 Å². The first-order valence-electron chi connectivity index (χ1n) is 8.29. The van der Waals surface area contributed by atoms with Crippen LogP contribution < -0.4 is 10.1 Å². The maximum Gasteiger partial charge on any atom is 0.210 e. The third kappa shape index (κ3) is 5.69. The zero-order chi connectivity index (χ0) is 16.5. The fourth-order valence-electron chi connectivity index (χ4n) is 2.34. The van der Waals surface area contributed by atoms with Crippen LogP contribution >= 0.6 is 0 Å². The van der Waals surface area contributed by atoms with Gasteiger partial charge < -0.3 is 19.4 Å². The molecule has 0 fully saturated rings. The molecular formula is C18H27N3O2. The smallest absolute Gasteiger partial charge is 0.210 e. The van der Waals surface area contributed by atoms with E-state index in [1.54, 1.807) is 12.5 Å². The normalized spacial score (nSPS) is 12.5. The van der Waals surface area contributed by atoms with Crippen molar-refractivity contribution in [2.24, 2.45) is 0 Å². The van der Waals surface area contributed by atoms with E-state index < -0.39 is 0 Å². The predicted octanol–water partition coefficient (Wildman–Crippen LogP) is 3.25. The van der Waals surface area contributed by atoms with E-state index in [0.717, 1.165) is 38.5 Å². The molecule has 126 valence electrons. The molecule has 0 saturated heterocycles. The fraction of sp³-hybridized carbons (Fsp3) is 0.500. The Balaban J connectivity index is 1.73. The Hall–Kier alpha value is -1.85. The van der Waals surface area contributed by atoms with Gasteiger partial charge in [0.15, 0.2) is 0 Å². The van der Waals surface area contributed by atoms with Gasteiger partial charge in [0.05, 0.1) is 12.2 Å². The minimum absolute atomic E-state index is 0.0926. The molecule has 0 amide bonds. The number of aromatic nitrogens is 1. The molecule has 1 atom stereocenters. The third-order valence-electron chi connectivity index (χ3n) is 3.93. The largest absolute Gasteiger partial charge is 0.492 e. The van der Waals surface area contributed by atoms with Gasteiger partial charge in [0.2, 0.25) is 5.89 Å². The Morgan fingerprint density at radius 3 is 2.57 bits per heavy atom. The summed E-state index contributed by atoms with van der Waals surface area (Å²) in [5, 5.41) is 3.39. The van der Waals surface area contributed by atoms with Gasteiger partial charge in [-0.1, -0.05) is 26.0 Å². The maximum atomic E-state index is 5.79. The summed E-state index contributed by atoms with van der Waals surface area (Å²) in [5.74, 6) is 1.63. The molecular weight excluding hydrogens is 290 g/mol. The van der Waals surface area contributed by atoms with Crippen molar-refractivity contribution in [1.29, 1.82) is 0 Å². The van der Waals surface area contributed by atoms with E-state index in [0.29, 0.717) is 5.89 Å². The molecule has 5 heteroatoms. The van der Waals surface area contributed by atoms with Crippen molar-refractivity contribution in [3.8, 4) is 5.75 Å². The topological polar surface area (TPSA) is 50.5 Å². The number of hydrogen-bond acceptors (Lipinski definition) is 5. The predicted molar refractivity (Wildman–Crippen MR) is 91.5 cm³/mol. The quantitative estimate of drug-likeness (QED) is 0.729.